The van der Waals surface area contributed by atoms with Crippen LogP contribution >= 0.6 is 11.3 Å². The van der Waals surface area contributed by atoms with Crippen LogP contribution in [0.2, 0.25) is 0 Å². The van der Waals surface area contributed by atoms with Crippen LogP contribution in [0.5, 0.6) is 0 Å². The van der Waals surface area contributed by atoms with Crippen LogP contribution in [-0.4, -0.2) is 28.9 Å². The van der Waals surface area contributed by atoms with Crippen LogP contribution in [-0.2, 0) is 0 Å². The number of hydrogen-bond acceptors (Lipinski definition) is 4. The molecule has 3 rings (SSSR count). The zero-order valence-electron chi connectivity index (χ0n) is 9.35. The molecule has 0 saturated carbocycles. The highest BCUT2D eigenvalue weighted by Crippen LogP contribution is 2.33. The van der Waals surface area contributed by atoms with Gasteiger partial charge >= 0.3 is 0 Å². The molecule has 1 saturated heterocycles. The molecule has 2 N–H and O–H groups in total. The number of hydrogen-bond donors (Lipinski definition) is 1. The summed E-state index contributed by atoms with van der Waals surface area (Å²) in [5, 5.41) is 0.889. The molecule has 0 bridgehead atoms. The van der Waals surface area contributed by atoms with Gasteiger partial charge in [0.25, 0.3) is 5.91 Å². The van der Waals surface area contributed by atoms with E-state index in [1.165, 1.54) is 11.3 Å². The van der Waals surface area contributed by atoms with E-state index in [1.54, 1.807) is 6.20 Å². The van der Waals surface area contributed by atoms with Gasteiger partial charge in [-0.2, -0.15) is 0 Å². The van der Waals surface area contributed by atoms with E-state index in [1.807, 2.05) is 17.0 Å². The second-order valence-corrected chi connectivity index (χ2v) is 5.20. The maximum Gasteiger partial charge on any atom is 0.266 e. The van der Waals surface area contributed by atoms with Gasteiger partial charge in [0.1, 0.15) is 9.71 Å². The molecule has 3 heterocycles. The van der Waals surface area contributed by atoms with Crippen molar-refractivity contribution in [2.45, 2.75) is 12.8 Å². The Morgan fingerprint density at radius 3 is 2.88 bits per heavy atom. The first-order valence-corrected chi connectivity index (χ1v) is 6.51. The van der Waals surface area contributed by atoms with Gasteiger partial charge in [-0.1, -0.05) is 0 Å². The average Bonchev–Trinajstić information content (AvgIpc) is 2.97. The number of nitrogens with zero attached hydrogens (tertiary/aromatic N) is 2. The fraction of sp³-hybridized carbons (Fsp3) is 0.333. The number of thiophene rings is 1. The normalized spacial score (nSPS) is 15.6. The molecule has 1 aliphatic rings. The summed E-state index contributed by atoms with van der Waals surface area (Å²) >= 11 is 1.39. The zero-order chi connectivity index (χ0) is 11.8. The molecular formula is C12H13N3OS. The van der Waals surface area contributed by atoms with Crippen molar-refractivity contribution in [1.82, 2.24) is 9.88 Å². The minimum atomic E-state index is 0.0583. The summed E-state index contributed by atoms with van der Waals surface area (Å²) in [5.74, 6) is 0.0583. The molecule has 1 fully saturated rings. The predicted molar refractivity (Wildman–Crippen MR) is 69.2 cm³/mol. The molecule has 2 aromatic rings. The van der Waals surface area contributed by atoms with Gasteiger partial charge in [-0.15, -0.1) is 11.3 Å². The fourth-order valence-electron chi connectivity index (χ4n) is 2.17. The van der Waals surface area contributed by atoms with E-state index in [0.29, 0.717) is 10.6 Å². The van der Waals surface area contributed by atoms with Gasteiger partial charge in [-0.3, -0.25) is 4.79 Å². The first-order chi connectivity index (χ1) is 8.27. The van der Waals surface area contributed by atoms with E-state index in [9.17, 15) is 4.79 Å². The third-order valence-electron chi connectivity index (χ3n) is 3.09. The van der Waals surface area contributed by atoms with Gasteiger partial charge in [-0.25, -0.2) is 4.98 Å². The lowest BCUT2D eigenvalue weighted by Gasteiger charge is -2.13. The number of anilines is 1. The molecule has 0 unspecified atom stereocenters. The largest absolute Gasteiger partial charge is 0.397 e. The van der Waals surface area contributed by atoms with E-state index in [-0.39, 0.29) is 5.91 Å². The molecule has 0 aromatic carbocycles. The zero-order valence-corrected chi connectivity index (χ0v) is 10.2. The number of carbonyl (C=O) groups is 1. The third kappa shape index (κ3) is 1.67. The van der Waals surface area contributed by atoms with Crippen LogP contribution in [0.3, 0.4) is 0 Å². The molecule has 0 radical (unpaired) electrons. The molecular weight excluding hydrogens is 234 g/mol. The Morgan fingerprint density at radius 1 is 1.41 bits per heavy atom. The molecule has 17 heavy (non-hydrogen) atoms. The second kappa shape index (κ2) is 4.00. The molecule has 88 valence electrons. The molecule has 1 amide bonds. The van der Waals surface area contributed by atoms with Gasteiger partial charge in [0.15, 0.2) is 0 Å². The summed E-state index contributed by atoms with van der Waals surface area (Å²) in [6, 6.07) is 3.75. The predicted octanol–water partition coefficient (Wildman–Crippen LogP) is 2.11. The average molecular weight is 247 g/mol. The number of likely N-dealkylation sites (tertiary alicyclic amines) is 1. The summed E-state index contributed by atoms with van der Waals surface area (Å²) in [5.41, 5.74) is 6.61. The molecule has 0 atom stereocenters. The highest BCUT2D eigenvalue weighted by Gasteiger charge is 2.24. The van der Waals surface area contributed by atoms with Crippen molar-refractivity contribution in [2.24, 2.45) is 0 Å². The first-order valence-electron chi connectivity index (χ1n) is 5.69. The standard InChI is InChI=1S/C12H13N3OS/c13-9-8-4-3-5-14-11(8)17-10(9)12(16)15-6-1-2-7-15/h3-5H,1-2,6-7,13H2. The molecule has 1 aliphatic heterocycles. The van der Waals surface area contributed by atoms with Crippen LogP contribution < -0.4 is 5.73 Å². The van der Waals surface area contributed by atoms with Crippen molar-refractivity contribution in [1.29, 1.82) is 0 Å². The lowest BCUT2D eigenvalue weighted by molar-refractivity contribution is 0.0798. The molecule has 2 aromatic heterocycles. The van der Waals surface area contributed by atoms with Crippen LogP contribution in [0.4, 0.5) is 5.69 Å². The van der Waals surface area contributed by atoms with E-state index in [2.05, 4.69) is 4.98 Å². The van der Waals surface area contributed by atoms with Crippen LogP contribution in [0.25, 0.3) is 10.2 Å². The van der Waals surface area contributed by atoms with Crippen molar-refractivity contribution >= 4 is 33.1 Å². The van der Waals surface area contributed by atoms with Crippen molar-refractivity contribution in [3.05, 3.63) is 23.2 Å². The minimum absolute atomic E-state index is 0.0583. The number of rotatable bonds is 1. The topological polar surface area (TPSA) is 59.2 Å². The number of nitrogens with two attached hydrogens (primary N) is 1. The van der Waals surface area contributed by atoms with Gasteiger partial charge < -0.3 is 10.6 Å². The number of pyridine rings is 1. The Kier molecular flexibility index (Phi) is 2.48. The maximum absolute atomic E-state index is 12.3. The quantitative estimate of drug-likeness (QED) is 0.839. The second-order valence-electron chi connectivity index (χ2n) is 4.20. The Morgan fingerprint density at radius 2 is 2.18 bits per heavy atom. The van der Waals surface area contributed by atoms with Crippen LogP contribution in [0.1, 0.15) is 22.5 Å². The highest BCUT2D eigenvalue weighted by molar-refractivity contribution is 7.21. The van der Waals surface area contributed by atoms with Crippen LogP contribution in [0.15, 0.2) is 18.3 Å². The summed E-state index contributed by atoms with van der Waals surface area (Å²) in [4.78, 5) is 19.9. The lowest BCUT2D eigenvalue weighted by atomic mass is 10.2. The molecule has 0 spiro atoms. The summed E-state index contributed by atoms with van der Waals surface area (Å²) < 4.78 is 0. The van der Waals surface area contributed by atoms with Gasteiger partial charge in [-0.05, 0) is 25.0 Å². The highest BCUT2D eigenvalue weighted by atomic mass is 32.1. The monoisotopic (exact) mass is 247 g/mol. The maximum atomic E-state index is 12.3. The SMILES string of the molecule is Nc1c(C(=O)N2CCCC2)sc2ncccc12. The minimum Gasteiger partial charge on any atom is -0.397 e. The van der Waals surface area contributed by atoms with E-state index >= 15 is 0 Å². The Hall–Kier alpha value is -1.62. The van der Waals surface area contributed by atoms with Crippen molar-refractivity contribution < 1.29 is 4.79 Å². The van der Waals surface area contributed by atoms with Crippen molar-refractivity contribution in [3.8, 4) is 0 Å². The third-order valence-corrected chi connectivity index (χ3v) is 4.21. The van der Waals surface area contributed by atoms with E-state index in [4.69, 9.17) is 5.73 Å². The molecule has 5 heteroatoms. The van der Waals surface area contributed by atoms with Crippen LogP contribution in [0, 0.1) is 0 Å². The summed E-state index contributed by atoms with van der Waals surface area (Å²) in [6.45, 7) is 1.69. The number of amides is 1. The van der Waals surface area contributed by atoms with E-state index < -0.39 is 0 Å². The Labute approximate surface area is 103 Å². The summed E-state index contributed by atoms with van der Waals surface area (Å²) in [7, 11) is 0. The van der Waals surface area contributed by atoms with Crippen molar-refractivity contribution in [3.63, 3.8) is 0 Å². The Balaban J connectivity index is 2.05. The smallest absolute Gasteiger partial charge is 0.266 e. The number of fused-ring (bicyclic) bond motifs is 1. The van der Waals surface area contributed by atoms with Gasteiger partial charge in [0.05, 0.1) is 5.69 Å². The van der Waals surface area contributed by atoms with Gasteiger partial charge in [0.2, 0.25) is 0 Å². The Bertz CT molecular complexity index is 572. The number of carbonyl (C=O) groups excluding carboxylic acids is 1. The number of aromatic nitrogens is 1. The number of nitrogen functional groups attached to an aromatic ring is 1. The molecule has 0 aliphatic carbocycles. The fourth-order valence-corrected chi connectivity index (χ4v) is 3.20. The summed E-state index contributed by atoms with van der Waals surface area (Å²) in [6.07, 6.45) is 3.91. The van der Waals surface area contributed by atoms with Crippen molar-refractivity contribution in [2.75, 3.05) is 18.8 Å². The first kappa shape index (κ1) is 10.5. The van der Waals surface area contributed by atoms with Gasteiger partial charge in [0, 0.05) is 24.7 Å². The van der Waals surface area contributed by atoms with E-state index in [0.717, 1.165) is 36.1 Å². The lowest BCUT2D eigenvalue weighted by Crippen LogP contribution is -2.27. The molecule has 4 nitrogen and oxygen atoms in total.